The summed E-state index contributed by atoms with van der Waals surface area (Å²) in [5.41, 5.74) is 12.1. The Kier molecular flexibility index (Phi) is 10.2. The van der Waals surface area contributed by atoms with E-state index in [1.165, 1.54) is 11.8 Å². The molecular weight excluding hydrogens is 452 g/mol. The molecule has 0 aromatic heterocycles. The number of hydrogen-bond donors (Lipinski definition) is 7. The molecule has 12 heteroatoms. The zero-order valence-corrected chi connectivity index (χ0v) is 19.8. The van der Waals surface area contributed by atoms with E-state index in [2.05, 4.69) is 16.0 Å². The first-order valence-electron chi connectivity index (χ1n) is 11.5. The van der Waals surface area contributed by atoms with Crippen LogP contribution in [0.25, 0.3) is 0 Å². The summed E-state index contributed by atoms with van der Waals surface area (Å²) >= 11 is 0. The number of amidine groups is 1. The van der Waals surface area contributed by atoms with Gasteiger partial charge in [-0.1, -0.05) is 24.3 Å². The van der Waals surface area contributed by atoms with Gasteiger partial charge in [0.2, 0.25) is 17.7 Å². The monoisotopic (exact) mass is 486 g/mol. The highest BCUT2D eigenvalue weighted by molar-refractivity contribution is 5.95. The van der Waals surface area contributed by atoms with E-state index < -0.39 is 24.0 Å². The number of nitrogens with zero attached hydrogens (tertiary/aromatic N) is 1. The van der Waals surface area contributed by atoms with Gasteiger partial charge in [0.25, 0.3) is 0 Å². The van der Waals surface area contributed by atoms with Crippen LogP contribution < -0.4 is 27.4 Å². The topological polar surface area (TPSA) is 207 Å². The number of rotatable bonds is 12. The van der Waals surface area contributed by atoms with E-state index in [1.54, 1.807) is 24.3 Å². The van der Waals surface area contributed by atoms with Crippen LogP contribution in [0.4, 0.5) is 0 Å². The van der Waals surface area contributed by atoms with Crippen LogP contribution in [0.1, 0.15) is 43.7 Å². The van der Waals surface area contributed by atoms with E-state index in [4.69, 9.17) is 22.3 Å². The number of aldehydes is 1. The second-order valence-corrected chi connectivity index (χ2v) is 8.49. The van der Waals surface area contributed by atoms with Crippen LogP contribution in [-0.4, -0.2) is 71.9 Å². The molecule has 1 heterocycles. The summed E-state index contributed by atoms with van der Waals surface area (Å²) in [6, 6.07) is 4.49. The van der Waals surface area contributed by atoms with Crippen LogP contribution in [0.3, 0.4) is 0 Å². The quantitative estimate of drug-likeness (QED) is 0.0843. The minimum atomic E-state index is -0.809. The van der Waals surface area contributed by atoms with Crippen molar-refractivity contribution < 1.29 is 19.2 Å². The van der Waals surface area contributed by atoms with Gasteiger partial charge in [-0.25, -0.2) is 0 Å². The molecular formula is C23H34N8O4. The van der Waals surface area contributed by atoms with Crippen molar-refractivity contribution in [2.75, 3.05) is 13.1 Å². The standard InChI is InChI=1S/C23H34N8O4/c1-14(33)29-18(4-2-10-28-23(26)27)22(35)31-11-3-5-19(31)21(34)30-17(13-32)12-15-6-8-16(9-7-15)20(24)25/h6-9,13,17-19H,2-5,10-12H2,1H3,(H3,24,25)(H,29,33)(H,30,34)(H4,26,27,28)/t17?,18-,19+/m1/s1. The first-order valence-corrected chi connectivity index (χ1v) is 11.5. The molecule has 1 aromatic carbocycles. The van der Waals surface area contributed by atoms with Gasteiger partial charge in [-0.05, 0) is 37.7 Å². The predicted octanol–water partition coefficient (Wildman–Crippen LogP) is -1.04. The van der Waals surface area contributed by atoms with Crippen molar-refractivity contribution in [1.29, 1.82) is 10.8 Å². The average molecular weight is 487 g/mol. The Hall–Kier alpha value is -3.96. The number of likely N-dealkylation sites (tertiary alicyclic amines) is 1. The van der Waals surface area contributed by atoms with Crippen LogP contribution in [0.2, 0.25) is 0 Å². The molecule has 0 bridgehead atoms. The van der Waals surface area contributed by atoms with E-state index in [0.717, 1.165) is 5.56 Å². The van der Waals surface area contributed by atoms with Gasteiger partial charge < -0.3 is 37.1 Å². The molecule has 1 aromatic rings. The molecule has 1 fully saturated rings. The van der Waals surface area contributed by atoms with Gasteiger partial charge in [-0.3, -0.25) is 25.2 Å². The van der Waals surface area contributed by atoms with Crippen molar-refractivity contribution >= 4 is 35.8 Å². The maximum absolute atomic E-state index is 13.2. The van der Waals surface area contributed by atoms with Crippen molar-refractivity contribution in [2.24, 2.45) is 11.5 Å². The van der Waals surface area contributed by atoms with Gasteiger partial charge in [0, 0.05) is 25.6 Å². The zero-order valence-electron chi connectivity index (χ0n) is 19.8. The van der Waals surface area contributed by atoms with Gasteiger partial charge in [0.1, 0.15) is 24.2 Å². The summed E-state index contributed by atoms with van der Waals surface area (Å²) in [6.07, 6.45) is 2.79. The van der Waals surface area contributed by atoms with Gasteiger partial charge in [0.15, 0.2) is 5.96 Å². The van der Waals surface area contributed by atoms with E-state index in [-0.39, 0.29) is 30.0 Å². The second kappa shape index (κ2) is 13.1. The summed E-state index contributed by atoms with van der Waals surface area (Å²) in [4.78, 5) is 51.0. The van der Waals surface area contributed by atoms with Crippen LogP contribution >= 0.6 is 0 Å². The fourth-order valence-corrected chi connectivity index (χ4v) is 4.02. The molecule has 12 nitrogen and oxygen atoms in total. The smallest absolute Gasteiger partial charge is 0.245 e. The lowest BCUT2D eigenvalue weighted by molar-refractivity contribution is -0.141. The Morgan fingerprint density at radius 2 is 1.86 bits per heavy atom. The van der Waals surface area contributed by atoms with E-state index >= 15 is 0 Å². The van der Waals surface area contributed by atoms with Crippen LogP contribution in [0.5, 0.6) is 0 Å². The lowest BCUT2D eigenvalue weighted by Gasteiger charge is -2.29. The van der Waals surface area contributed by atoms with Crippen molar-refractivity contribution in [3.05, 3.63) is 35.4 Å². The summed E-state index contributed by atoms with van der Waals surface area (Å²) in [6.45, 7) is 2.06. The maximum atomic E-state index is 13.2. The summed E-state index contributed by atoms with van der Waals surface area (Å²) in [5.74, 6) is -1.38. The number of carbonyl (C=O) groups is 4. The Morgan fingerprint density at radius 3 is 2.43 bits per heavy atom. The molecule has 0 aliphatic carbocycles. The third-order valence-corrected chi connectivity index (χ3v) is 5.71. The Morgan fingerprint density at radius 1 is 1.17 bits per heavy atom. The third-order valence-electron chi connectivity index (χ3n) is 5.71. The van der Waals surface area contributed by atoms with Gasteiger partial charge in [0.05, 0.1) is 6.04 Å². The molecule has 1 saturated heterocycles. The third kappa shape index (κ3) is 8.40. The van der Waals surface area contributed by atoms with Crippen LogP contribution in [0, 0.1) is 10.8 Å². The van der Waals surface area contributed by atoms with E-state index in [1.807, 2.05) is 0 Å². The molecule has 2 rings (SSSR count). The summed E-state index contributed by atoms with van der Waals surface area (Å²) in [5, 5.41) is 22.7. The van der Waals surface area contributed by atoms with Gasteiger partial charge in [-0.15, -0.1) is 0 Å². The normalized spacial score (nSPS) is 16.6. The highest BCUT2D eigenvalue weighted by Crippen LogP contribution is 2.20. The number of carbonyl (C=O) groups excluding carboxylic acids is 4. The second-order valence-electron chi connectivity index (χ2n) is 8.49. The number of amides is 3. The number of benzene rings is 1. The Bertz CT molecular complexity index is 949. The fourth-order valence-electron chi connectivity index (χ4n) is 4.02. The first-order chi connectivity index (χ1) is 16.6. The highest BCUT2D eigenvalue weighted by atomic mass is 16.2. The van der Waals surface area contributed by atoms with Crippen molar-refractivity contribution in [2.45, 2.75) is 57.2 Å². The molecule has 0 radical (unpaired) electrons. The number of nitrogen functional groups attached to an aromatic ring is 1. The van der Waals surface area contributed by atoms with E-state index in [9.17, 15) is 19.2 Å². The largest absolute Gasteiger partial charge is 0.384 e. The average Bonchev–Trinajstić information content (AvgIpc) is 3.30. The van der Waals surface area contributed by atoms with Crippen molar-refractivity contribution in [3.63, 3.8) is 0 Å². The van der Waals surface area contributed by atoms with Crippen LogP contribution in [-0.2, 0) is 25.6 Å². The highest BCUT2D eigenvalue weighted by Gasteiger charge is 2.37. The van der Waals surface area contributed by atoms with Crippen LogP contribution in [0.15, 0.2) is 24.3 Å². The molecule has 1 aliphatic heterocycles. The van der Waals surface area contributed by atoms with Gasteiger partial charge in [-0.2, -0.15) is 0 Å². The van der Waals surface area contributed by atoms with Crippen molar-refractivity contribution in [1.82, 2.24) is 20.9 Å². The predicted molar refractivity (Wildman–Crippen MR) is 131 cm³/mol. The Balaban J connectivity index is 2.02. The van der Waals surface area contributed by atoms with E-state index in [0.29, 0.717) is 50.6 Å². The summed E-state index contributed by atoms with van der Waals surface area (Å²) < 4.78 is 0. The Labute approximate surface area is 204 Å². The minimum absolute atomic E-state index is 0.0598. The minimum Gasteiger partial charge on any atom is -0.384 e. The molecule has 35 heavy (non-hydrogen) atoms. The molecule has 1 unspecified atom stereocenters. The zero-order chi connectivity index (χ0) is 26.0. The molecule has 0 saturated carbocycles. The lowest BCUT2D eigenvalue weighted by atomic mass is 10.0. The SMILES string of the molecule is CC(=O)N[C@H](CCCNC(=N)N)C(=O)N1CCC[C@H]1C(=O)NC(C=O)Cc1ccc(C(=N)N)cc1. The number of guanidine groups is 1. The fraction of sp³-hybridized carbons (Fsp3) is 0.478. The number of nitrogens with one attached hydrogen (secondary N) is 5. The molecule has 0 spiro atoms. The molecule has 3 atom stereocenters. The lowest BCUT2D eigenvalue weighted by Crippen LogP contribution is -2.54. The molecule has 190 valence electrons. The number of nitrogens with two attached hydrogens (primary N) is 2. The van der Waals surface area contributed by atoms with Gasteiger partial charge >= 0.3 is 0 Å². The molecule has 3 amide bonds. The first kappa shape index (κ1) is 27.3. The maximum Gasteiger partial charge on any atom is 0.245 e. The number of hydrogen-bond acceptors (Lipinski definition) is 6. The molecule has 1 aliphatic rings. The van der Waals surface area contributed by atoms with Crippen molar-refractivity contribution in [3.8, 4) is 0 Å². The summed E-state index contributed by atoms with van der Waals surface area (Å²) in [7, 11) is 0. The molecule has 9 N–H and O–H groups in total.